The van der Waals surface area contributed by atoms with E-state index in [1.807, 2.05) is 31.2 Å². The summed E-state index contributed by atoms with van der Waals surface area (Å²) in [5.41, 5.74) is 2.99. The summed E-state index contributed by atoms with van der Waals surface area (Å²) >= 11 is 0. The van der Waals surface area contributed by atoms with E-state index < -0.39 is 34.2 Å². The molecule has 1 fully saturated rings. The second-order valence-corrected chi connectivity index (χ2v) is 12.4. The predicted octanol–water partition coefficient (Wildman–Crippen LogP) is 1.62. The minimum atomic E-state index is -4.20. The number of fused-ring (bicyclic) bond motifs is 1. The molecule has 2 unspecified atom stereocenters. The molecule has 1 spiro atoms. The van der Waals surface area contributed by atoms with Crippen molar-refractivity contribution >= 4 is 45.2 Å². The van der Waals surface area contributed by atoms with E-state index in [9.17, 15) is 23.1 Å². The number of imidazole rings is 1. The Morgan fingerprint density at radius 1 is 1.27 bits per heavy atom. The smallest absolute Gasteiger partial charge is 0.323 e. The molecule has 0 aliphatic carbocycles. The number of amidine groups is 1. The van der Waals surface area contributed by atoms with Crippen molar-refractivity contribution < 1.29 is 28.0 Å². The first kappa shape index (κ1) is 28.5. The third kappa shape index (κ3) is 6.04. The van der Waals surface area contributed by atoms with Crippen molar-refractivity contribution in [2.75, 3.05) is 25.0 Å². The normalized spacial score (nSPS) is 21.0. The number of aromatic amines is 1. The zero-order valence-electron chi connectivity index (χ0n) is 23.0. The van der Waals surface area contributed by atoms with Gasteiger partial charge in [-0.25, -0.2) is 13.4 Å². The molecule has 3 heterocycles. The van der Waals surface area contributed by atoms with Crippen LogP contribution in [-0.4, -0.2) is 83.9 Å². The van der Waals surface area contributed by atoms with Crippen LogP contribution in [0.15, 0.2) is 46.4 Å². The number of rotatable bonds is 10. The van der Waals surface area contributed by atoms with Gasteiger partial charge in [0.1, 0.15) is 6.04 Å². The molecule has 1 saturated heterocycles. The molecule has 2 aliphatic rings. The molecular weight excluding hydrogens is 550 g/mol. The number of amides is 1. The fourth-order valence-electron chi connectivity index (χ4n) is 5.59. The molecule has 0 saturated carbocycles. The third-order valence-corrected chi connectivity index (χ3v) is 9.14. The SMILES string of the molecule is Cc1cc(C)c(S(=O)(=O)NC(CN(C=O)C2=NO[C@]3(CNC(CNc4nc5ccccc5[nH]4)C3)C2)C(=O)O)c(C)c1. The first-order valence-electron chi connectivity index (χ1n) is 13.2. The van der Waals surface area contributed by atoms with Gasteiger partial charge in [0.15, 0.2) is 11.4 Å². The first-order chi connectivity index (χ1) is 19.5. The van der Waals surface area contributed by atoms with Crippen LogP contribution in [0.5, 0.6) is 0 Å². The number of para-hydroxylation sites is 2. The van der Waals surface area contributed by atoms with Crippen LogP contribution in [0.4, 0.5) is 5.95 Å². The van der Waals surface area contributed by atoms with Crippen LogP contribution in [0.3, 0.4) is 0 Å². The standard InChI is InChI=1S/C27H33N7O6S/c1-16-8-17(2)24(18(3)9-16)41(38,39)33-22(25(36)37)13-34(15-35)23-11-27(40-32-23)10-19(29-14-27)12-28-26-30-20-6-4-5-7-21(20)31-26/h4-9,15,19,22,29,33H,10-14H2,1-3H3,(H,36,37)(H2,28,30,31)/t19?,22?,27-/m0/s1. The molecule has 2 aromatic carbocycles. The van der Waals surface area contributed by atoms with Crippen LogP contribution < -0.4 is 15.4 Å². The number of carbonyl (C=O) groups is 2. The van der Waals surface area contributed by atoms with Crippen LogP contribution >= 0.6 is 0 Å². The average molecular weight is 584 g/mol. The Morgan fingerprint density at radius 3 is 2.68 bits per heavy atom. The van der Waals surface area contributed by atoms with E-state index in [2.05, 4.69) is 30.5 Å². The topological polar surface area (TPSA) is 178 Å². The summed E-state index contributed by atoms with van der Waals surface area (Å²) < 4.78 is 28.6. The molecule has 1 aromatic heterocycles. The lowest BCUT2D eigenvalue weighted by atomic mass is 9.95. The van der Waals surface area contributed by atoms with Crippen molar-refractivity contribution in [3.05, 3.63) is 53.1 Å². The van der Waals surface area contributed by atoms with Gasteiger partial charge in [-0.2, -0.15) is 4.72 Å². The molecule has 5 rings (SSSR count). The van der Waals surface area contributed by atoms with Crippen molar-refractivity contribution in [2.45, 2.75) is 56.2 Å². The molecular formula is C27H33N7O6S. The maximum Gasteiger partial charge on any atom is 0.323 e. The fourth-order valence-corrected chi connectivity index (χ4v) is 7.23. The fraction of sp³-hybridized carbons (Fsp3) is 0.407. The summed E-state index contributed by atoms with van der Waals surface area (Å²) in [7, 11) is -4.20. The molecule has 0 radical (unpaired) electrons. The molecule has 218 valence electrons. The summed E-state index contributed by atoms with van der Waals surface area (Å²) in [4.78, 5) is 38.7. The largest absolute Gasteiger partial charge is 0.480 e. The number of benzene rings is 2. The number of carboxylic acid groups (broad SMARTS) is 1. The van der Waals surface area contributed by atoms with E-state index in [0.717, 1.165) is 21.5 Å². The predicted molar refractivity (Wildman–Crippen MR) is 152 cm³/mol. The summed E-state index contributed by atoms with van der Waals surface area (Å²) in [5.74, 6) is -0.527. The lowest BCUT2D eigenvalue weighted by Gasteiger charge is -2.24. The molecule has 1 amide bonds. The molecule has 13 nitrogen and oxygen atoms in total. The first-order valence-corrected chi connectivity index (χ1v) is 14.7. The molecule has 5 N–H and O–H groups in total. The van der Waals surface area contributed by atoms with Crippen LogP contribution in [0.25, 0.3) is 11.0 Å². The van der Waals surface area contributed by atoms with Crippen molar-refractivity contribution in [3.8, 4) is 0 Å². The number of aryl methyl sites for hydroxylation is 3. The zero-order valence-corrected chi connectivity index (χ0v) is 23.8. The Hall–Kier alpha value is -4.01. The number of carboxylic acids is 1. The zero-order chi connectivity index (χ0) is 29.4. The molecule has 2 aliphatic heterocycles. The van der Waals surface area contributed by atoms with Gasteiger partial charge in [0.05, 0.1) is 28.9 Å². The monoisotopic (exact) mass is 583 g/mol. The summed E-state index contributed by atoms with van der Waals surface area (Å²) in [6.45, 7) is 5.74. The number of carbonyl (C=O) groups excluding carboxylic acids is 1. The summed E-state index contributed by atoms with van der Waals surface area (Å²) in [5, 5.41) is 20.6. The van der Waals surface area contributed by atoms with Gasteiger partial charge in [0, 0.05) is 25.6 Å². The maximum absolute atomic E-state index is 13.2. The Labute approximate surface area is 237 Å². The van der Waals surface area contributed by atoms with Gasteiger partial charge in [0.25, 0.3) is 0 Å². The van der Waals surface area contributed by atoms with E-state index in [4.69, 9.17) is 4.84 Å². The van der Waals surface area contributed by atoms with Gasteiger partial charge in [-0.3, -0.25) is 14.5 Å². The highest BCUT2D eigenvalue weighted by atomic mass is 32.2. The van der Waals surface area contributed by atoms with Crippen molar-refractivity contribution in [3.63, 3.8) is 0 Å². The van der Waals surface area contributed by atoms with Crippen molar-refractivity contribution in [1.82, 2.24) is 24.9 Å². The van der Waals surface area contributed by atoms with Gasteiger partial charge in [-0.15, -0.1) is 0 Å². The number of sulfonamides is 1. The van der Waals surface area contributed by atoms with Gasteiger partial charge < -0.3 is 25.6 Å². The van der Waals surface area contributed by atoms with Crippen molar-refractivity contribution in [1.29, 1.82) is 0 Å². The second kappa shape index (κ2) is 11.1. The number of aliphatic carboxylic acids is 1. The number of hydrogen-bond donors (Lipinski definition) is 5. The minimum absolute atomic E-state index is 0.0202. The number of aromatic nitrogens is 2. The second-order valence-electron chi connectivity index (χ2n) is 10.7. The van der Waals surface area contributed by atoms with Crippen LogP contribution in [0.1, 0.15) is 29.5 Å². The molecule has 41 heavy (non-hydrogen) atoms. The highest BCUT2D eigenvalue weighted by molar-refractivity contribution is 7.89. The molecule has 3 atom stereocenters. The van der Waals surface area contributed by atoms with E-state index >= 15 is 0 Å². The van der Waals surface area contributed by atoms with Gasteiger partial charge in [-0.1, -0.05) is 35.0 Å². The van der Waals surface area contributed by atoms with Crippen LogP contribution in [0, 0.1) is 20.8 Å². The number of nitrogens with zero attached hydrogens (tertiary/aromatic N) is 3. The van der Waals surface area contributed by atoms with Crippen LogP contribution in [-0.2, 0) is 24.4 Å². The highest BCUT2D eigenvalue weighted by Crippen LogP contribution is 2.33. The summed E-state index contributed by atoms with van der Waals surface area (Å²) in [6.07, 6.45) is 1.28. The van der Waals surface area contributed by atoms with Crippen LogP contribution in [0.2, 0.25) is 0 Å². The number of anilines is 1. The Balaban J connectivity index is 1.20. The lowest BCUT2D eigenvalue weighted by molar-refractivity contribution is -0.139. The number of nitrogens with one attached hydrogen (secondary N) is 4. The number of oxime groups is 1. The maximum atomic E-state index is 13.2. The Kier molecular flexibility index (Phi) is 7.72. The number of hydrogen-bond acceptors (Lipinski definition) is 9. The Bertz CT molecular complexity index is 1570. The van der Waals surface area contributed by atoms with E-state index in [0.29, 0.717) is 43.0 Å². The number of H-pyrrole nitrogens is 1. The van der Waals surface area contributed by atoms with E-state index in [1.54, 1.807) is 26.0 Å². The quantitative estimate of drug-likeness (QED) is 0.222. The van der Waals surface area contributed by atoms with Crippen molar-refractivity contribution in [2.24, 2.45) is 5.16 Å². The summed E-state index contributed by atoms with van der Waals surface area (Å²) in [6, 6.07) is 9.59. The Morgan fingerprint density at radius 2 is 2.00 bits per heavy atom. The van der Waals surface area contributed by atoms with E-state index in [1.165, 1.54) is 0 Å². The van der Waals surface area contributed by atoms with Gasteiger partial charge in [0.2, 0.25) is 22.4 Å². The molecule has 3 aromatic rings. The third-order valence-electron chi connectivity index (χ3n) is 7.37. The molecule has 14 heteroatoms. The van der Waals surface area contributed by atoms with Gasteiger partial charge >= 0.3 is 5.97 Å². The van der Waals surface area contributed by atoms with Gasteiger partial charge in [-0.05, 0) is 44.0 Å². The van der Waals surface area contributed by atoms with E-state index in [-0.39, 0.29) is 23.2 Å². The highest BCUT2D eigenvalue weighted by Gasteiger charge is 2.47. The average Bonchev–Trinajstić information content (AvgIpc) is 3.62. The minimum Gasteiger partial charge on any atom is -0.480 e. The molecule has 0 bridgehead atoms. The lowest BCUT2D eigenvalue weighted by Crippen LogP contribution is -2.50.